The van der Waals surface area contributed by atoms with E-state index in [0.717, 1.165) is 24.9 Å². The second-order valence-electron chi connectivity index (χ2n) is 26.6. The Labute approximate surface area is 403 Å². The first-order valence-corrected chi connectivity index (χ1v) is 25.7. The number of hydrogen-bond acceptors (Lipinski definition) is 3. The van der Waals surface area contributed by atoms with Crippen molar-refractivity contribution in [1.29, 1.82) is 0 Å². The maximum Gasteiger partial charge on any atom is 0.297 e. The SMILES string of the molecule is Cc1cc2c3c(c1)N(c1ccc(C(C)(C)C)cc1-c1ccccc1)c1c(oc4c1C(C)(C)CCC4(C)C)B3c1ccc3c(c1N2c1ccc2c(c1)C(C)(C)CCC2(C)C)C(C)(C)CCC3(C)C. The fourth-order valence-corrected chi connectivity index (χ4v) is 13.4. The molecule has 1 aromatic heterocycles. The van der Waals surface area contributed by atoms with Gasteiger partial charge in [0.2, 0.25) is 0 Å². The van der Waals surface area contributed by atoms with Crippen molar-refractivity contribution >= 4 is 57.4 Å². The largest absolute Gasteiger partial charge is 0.472 e. The molecule has 0 bridgehead atoms. The van der Waals surface area contributed by atoms with Crippen LogP contribution in [-0.4, -0.2) is 6.71 Å². The van der Waals surface area contributed by atoms with Gasteiger partial charge in [-0.3, -0.25) is 0 Å². The second kappa shape index (κ2) is 14.1. The van der Waals surface area contributed by atoms with Crippen LogP contribution in [0.3, 0.4) is 0 Å². The van der Waals surface area contributed by atoms with Crippen LogP contribution >= 0.6 is 0 Å². The summed E-state index contributed by atoms with van der Waals surface area (Å²) >= 11 is 0. The Bertz CT molecular complexity index is 3040. The van der Waals surface area contributed by atoms with E-state index in [0.29, 0.717) is 0 Å². The Balaban J connectivity index is 1.30. The molecule has 5 aromatic carbocycles. The zero-order valence-electron chi connectivity index (χ0n) is 43.8. The highest BCUT2D eigenvalue weighted by Crippen LogP contribution is 2.58. The van der Waals surface area contributed by atoms with E-state index in [9.17, 15) is 0 Å². The number of rotatable bonds is 3. The van der Waals surface area contributed by atoms with Crippen molar-refractivity contribution in [2.75, 3.05) is 9.80 Å². The van der Waals surface area contributed by atoms with Crippen LogP contribution in [0.15, 0.2) is 95.4 Å². The second-order valence-corrected chi connectivity index (χ2v) is 26.6. The predicted molar refractivity (Wildman–Crippen MR) is 287 cm³/mol. The maximum absolute atomic E-state index is 7.83. The van der Waals surface area contributed by atoms with E-state index in [-0.39, 0.29) is 44.6 Å². The number of hydrogen-bond donors (Lipinski definition) is 0. The predicted octanol–water partition coefficient (Wildman–Crippen LogP) is 15.7. The summed E-state index contributed by atoms with van der Waals surface area (Å²) in [7, 11) is 0. The molecule has 2 aliphatic heterocycles. The molecule has 0 radical (unpaired) electrons. The Morgan fingerprint density at radius 2 is 1.07 bits per heavy atom. The fraction of sp³-hybridized carbons (Fsp3) is 0.460. The first-order valence-electron chi connectivity index (χ1n) is 25.7. The lowest BCUT2D eigenvalue weighted by Gasteiger charge is -2.49. The van der Waals surface area contributed by atoms with Crippen molar-refractivity contribution in [3.63, 3.8) is 0 Å². The van der Waals surface area contributed by atoms with Gasteiger partial charge in [0, 0.05) is 39.3 Å². The van der Waals surface area contributed by atoms with E-state index in [1.54, 1.807) is 0 Å². The number of benzene rings is 5. The van der Waals surface area contributed by atoms with Gasteiger partial charge < -0.3 is 14.2 Å². The van der Waals surface area contributed by atoms with E-state index in [2.05, 4.69) is 212 Å². The summed E-state index contributed by atoms with van der Waals surface area (Å²) in [6.45, 7) is 38.9. The van der Waals surface area contributed by atoms with Gasteiger partial charge in [0.1, 0.15) is 5.76 Å². The minimum Gasteiger partial charge on any atom is -0.472 e. The van der Waals surface area contributed by atoms with E-state index in [1.165, 1.54) is 120 Å². The number of aryl methyl sites for hydroxylation is 1. The lowest BCUT2D eigenvalue weighted by atomic mass is 9.34. The van der Waals surface area contributed by atoms with Crippen molar-refractivity contribution in [2.45, 2.75) is 187 Å². The third kappa shape index (κ3) is 6.49. The Morgan fingerprint density at radius 3 is 1.73 bits per heavy atom. The summed E-state index contributed by atoms with van der Waals surface area (Å²) in [6.07, 6.45) is 6.88. The minimum absolute atomic E-state index is 0.0200. The molecule has 0 fully saturated rings. The molecule has 3 nitrogen and oxygen atoms in total. The van der Waals surface area contributed by atoms with E-state index >= 15 is 0 Å². The van der Waals surface area contributed by atoms with Gasteiger partial charge >= 0.3 is 0 Å². The monoisotopic (exact) mass is 887 g/mol. The number of anilines is 6. The topological polar surface area (TPSA) is 19.6 Å². The van der Waals surface area contributed by atoms with E-state index in [4.69, 9.17) is 4.42 Å². The summed E-state index contributed by atoms with van der Waals surface area (Å²) in [5, 5.41) is 0. The van der Waals surface area contributed by atoms with Crippen LogP contribution in [-0.2, 0) is 37.9 Å². The molecule has 4 heteroatoms. The molecule has 346 valence electrons. The van der Waals surface area contributed by atoms with Crippen LogP contribution in [0.5, 0.6) is 0 Å². The molecule has 5 aliphatic rings. The molecule has 0 spiro atoms. The van der Waals surface area contributed by atoms with Gasteiger partial charge in [0.15, 0.2) is 0 Å². The third-order valence-corrected chi connectivity index (χ3v) is 17.9. The van der Waals surface area contributed by atoms with Crippen molar-refractivity contribution < 1.29 is 4.42 Å². The molecule has 67 heavy (non-hydrogen) atoms. The van der Waals surface area contributed by atoms with Crippen LogP contribution in [0.4, 0.5) is 34.1 Å². The smallest absolute Gasteiger partial charge is 0.297 e. The maximum atomic E-state index is 7.83. The van der Waals surface area contributed by atoms with Gasteiger partial charge in [0.25, 0.3) is 6.71 Å². The molecular weight excluding hydrogens is 812 g/mol. The molecule has 0 atom stereocenters. The minimum atomic E-state index is -0.119. The van der Waals surface area contributed by atoms with Crippen LogP contribution in [0, 0.1) is 6.92 Å². The standard InChI is InChI=1S/C63H75BN2O/c1-38-34-48-52-49(35-38)66(47-27-22-40(57(2,3)4)36-42(47)39-20-18-17-19-21-39)54-51-55(63(15,16)33-32-62(51,13)14)67-56(54)64(52)46-26-25-44-50(61(11,12)31-30-59(44,7)8)53(46)65(48)41-23-24-43-45(37-41)60(9,10)29-28-58(43,5)6/h17-27,34-37H,28-33H2,1-16H3. The number of fused-ring (bicyclic) bond motifs is 9. The van der Waals surface area contributed by atoms with Crippen molar-refractivity contribution in [1.82, 2.24) is 0 Å². The Morgan fingerprint density at radius 1 is 0.507 bits per heavy atom. The summed E-state index contributed by atoms with van der Waals surface area (Å²) < 4.78 is 7.83. The summed E-state index contributed by atoms with van der Waals surface area (Å²) in [4.78, 5) is 5.43. The quantitative estimate of drug-likeness (QED) is 0.165. The average molecular weight is 887 g/mol. The van der Waals surface area contributed by atoms with Gasteiger partial charge in [-0.15, -0.1) is 0 Å². The molecule has 0 saturated carbocycles. The molecular formula is C63H75BN2O. The van der Waals surface area contributed by atoms with E-state index in [1.807, 2.05) is 0 Å². The zero-order chi connectivity index (χ0) is 47.8. The summed E-state index contributed by atoms with van der Waals surface area (Å²) in [6, 6.07) is 36.1. The molecule has 0 unspecified atom stereocenters. The summed E-state index contributed by atoms with van der Waals surface area (Å²) in [5.74, 6) is 1.17. The lowest BCUT2D eigenvalue weighted by Crippen LogP contribution is -2.62. The highest BCUT2D eigenvalue weighted by molar-refractivity contribution is 6.99. The first-order chi connectivity index (χ1) is 31.2. The van der Waals surface area contributed by atoms with Crippen LogP contribution < -0.4 is 26.4 Å². The van der Waals surface area contributed by atoms with Gasteiger partial charge in [-0.2, -0.15) is 0 Å². The van der Waals surface area contributed by atoms with Crippen LogP contribution in [0.1, 0.15) is 187 Å². The highest BCUT2D eigenvalue weighted by Gasteiger charge is 2.54. The summed E-state index contributed by atoms with van der Waals surface area (Å²) in [5.41, 5.74) is 23.9. The molecule has 6 aromatic rings. The van der Waals surface area contributed by atoms with Crippen LogP contribution in [0.2, 0.25) is 0 Å². The van der Waals surface area contributed by atoms with Crippen LogP contribution in [0.25, 0.3) is 11.1 Å². The van der Waals surface area contributed by atoms with Gasteiger partial charge in [-0.25, -0.2) is 0 Å². The lowest BCUT2D eigenvalue weighted by molar-refractivity contribution is 0.282. The van der Waals surface area contributed by atoms with E-state index < -0.39 is 0 Å². The normalized spacial score (nSPS) is 20.8. The molecule has 0 amide bonds. The fourth-order valence-electron chi connectivity index (χ4n) is 13.4. The molecule has 0 N–H and O–H groups in total. The van der Waals surface area contributed by atoms with Gasteiger partial charge in [-0.05, 0) is 164 Å². The third-order valence-electron chi connectivity index (χ3n) is 17.9. The van der Waals surface area contributed by atoms with Crippen molar-refractivity contribution in [3.8, 4) is 11.1 Å². The molecule has 3 heterocycles. The Hall–Kier alpha value is -4.96. The molecule has 11 rings (SSSR count). The van der Waals surface area contributed by atoms with Crippen molar-refractivity contribution in [3.05, 3.63) is 136 Å². The number of nitrogens with zero attached hydrogens (tertiary/aromatic N) is 2. The average Bonchev–Trinajstić information content (AvgIpc) is 3.68. The highest BCUT2D eigenvalue weighted by atomic mass is 16.3. The number of furan rings is 1. The van der Waals surface area contributed by atoms with Gasteiger partial charge in [0.05, 0.1) is 17.0 Å². The van der Waals surface area contributed by atoms with Crippen molar-refractivity contribution in [2.24, 2.45) is 0 Å². The Kier molecular flexibility index (Phi) is 9.36. The molecule has 3 aliphatic carbocycles. The van der Waals surface area contributed by atoms with Gasteiger partial charge in [-0.1, -0.05) is 158 Å². The zero-order valence-corrected chi connectivity index (χ0v) is 43.8. The molecule has 0 saturated heterocycles. The first kappa shape index (κ1) is 44.5.